The molecule has 5 aromatic rings. The third kappa shape index (κ3) is 4.91. The van der Waals surface area contributed by atoms with Gasteiger partial charge in [-0.3, -0.25) is 4.90 Å². The monoisotopic (exact) mass is 559 g/mol. The van der Waals surface area contributed by atoms with Crippen molar-refractivity contribution in [3.63, 3.8) is 0 Å². The van der Waals surface area contributed by atoms with Gasteiger partial charge in [0.05, 0.1) is 25.9 Å². The van der Waals surface area contributed by atoms with Crippen LogP contribution in [-0.2, 0) is 6.54 Å². The van der Waals surface area contributed by atoms with Crippen molar-refractivity contribution in [1.29, 1.82) is 0 Å². The van der Waals surface area contributed by atoms with E-state index >= 15 is 0 Å². The first-order chi connectivity index (χ1) is 19.4. The number of unbranched alkanes of at least 4 members (excludes halogenated alkanes) is 1. The molecule has 2 amide bonds. The number of hydrogen-bond acceptors (Lipinski definition) is 7. The van der Waals surface area contributed by atoms with Gasteiger partial charge in [0.15, 0.2) is 0 Å². The van der Waals surface area contributed by atoms with Gasteiger partial charge in [-0.1, -0.05) is 19.4 Å². The molecular formula is C29H29N5O5S. The Morgan fingerprint density at radius 1 is 1.02 bits per heavy atom. The number of nitrogens with zero attached hydrogens (tertiary/aromatic N) is 4. The maximum absolute atomic E-state index is 12.9. The Kier molecular flexibility index (Phi) is 7.56. The number of benzene rings is 3. The van der Waals surface area contributed by atoms with Crippen molar-refractivity contribution >= 4 is 51.4 Å². The van der Waals surface area contributed by atoms with Gasteiger partial charge >= 0.3 is 12.0 Å². The third-order valence-corrected chi connectivity index (χ3v) is 7.46. The average Bonchev–Trinajstić information content (AvgIpc) is 3.54. The first-order valence-electron chi connectivity index (χ1n) is 12.8. The Morgan fingerprint density at radius 3 is 2.52 bits per heavy atom. The Hall–Kier alpha value is -4.64. The van der Waals surface area contributed by atoms with Gasteiger partial charge in [0, 0.05) is 46.9 Å². The minimum atomic E-state index is -1.10. The molecule has 11 heteroatoms. The quantitative estimate of drug-likeness (QED) is 0.222. The van der Waals surface area contributed by atoms with Crippen molar-refractivity contribution < 1.29 is 24.2 Å². The maximum Gasteiger partial charge on any atom is 0.353 e. The number of ether oxygens (including phenoxy) is 2. The summed E-state index contributed by atoms with van der Waals surface area (Å²) >= 11 is 1.13. The summed E-state index contributed by atoms with van der Waals surface area (Å²) in [6, 6.07) is 15.9. The molecule has 0 bridgehead atoms. The molecule has 0 saturated carbocycles. The van der Waals surface area contributed by atoms with Gasteiger partial charge in [-0.05, 0) is 54.4 Å². The van der Waals surface area contributed by atoms with E-state index in [0.717, 1.165) is 41.2 Å². The highest BCUT2D eigenvalue weighted by Crippen LogP contribution is 2.43. The molecule has 40 heavy (non-hydrogen) atoms. The summed E-state index contributed by atoms with van der Waals surface area (Å²) in [4.78, 5) is 26.8. The predicted octanol–water partition coefficient (Wildman–Crippen LogP) is 5.76. The van der Waals surface area contributed by atoms with Gasteiger partial charge in [-0.15, -0.1) is 0 Å². The zero-order chi connectivity index (χ0) is 28.4. The smallest absolute Gasteiger partial charge is 0.353 e. The number of primary amides is 1. The molecule has 0 aliphatic carbocycles. The number of amides is 2. The minimum absolute atomic E-state index is 0.0892. The number of carboxylic acids is 1. The zero-order valence-corrected chi connectivity index (χ0v) is 23.2. The summed E-state index contributed by atoms with van der Waals surface area (Å²) in [5.41, 5.74) is 10.6. The number of hydrogen-bond donors (Lipinski definition) is 2. The van der Waals surface area contributed by atoms with Crippen LogP contribution in [0.5, 0.6) is 11.5 Å². The van der Waals surface area contributed by atoms with Crippen molar-refractivity contribution in [2.75, 3.05) is 25.7 Å². The highest BCUT2D eigenvalue weighted by atomic mass is 32.1. The van der Waals surface area contributed by atoms with Crippen molar-refractivity contribution in [2.24, 2.45) is 5.73 Å². The van der Waals surface area contributed by atoms with Crippen LogP contribution in [0, 0.1) is 0 Å². The first-order valence-corrected chi connectivity index (χ1v) is 13.5. The number of aromatic nitrogens is 3. The molecule has 0 atom stereocenters. The van der Waals surface area contributed by atoms with Crippen molar-refractivity contribution in [3.8, 4) is 22.6 Å². The molecule has 10 nitrogen and oxygen atoms in total. The van der Waals surface area contributed by atoms with Crippen LogP contribution in [0.15, 0.2) is 54.6 Å². The van der Waals surface area contributed by atoms with Crippen molar-refractivity contribution in [1.82, 2.24) is 13.3 Å². The standard InChI is InChI=1S/C29H29N5O5S/c1-4-5-12-33(29(30)37)18-7-11-24-21(14-18)26(20-9-8-19(38-2)15-25(20)39-3)27(28(35)36)34(24)16-17-6-10-22-23(13-17)32-40-31-22/h6-11,13-15H,4-5,12,16H2,1-3H3,(H2,30,37)(H,35,36). The van der Waals surface area contributed by atoms with E-state index in [1.54, 1.807) is 35.9 Å². The van der Waals surface area contributed by atoms with E-state index < -0.39 is 12.0 Å². The summed E-state index contributed by atoms with van der Waals surface area (Å²) in [5.74, 6) is -0.0645. The largest absolute Gasteiger partial charge is 0.497 e. The Labute approximate surface area is 234 Å². The molecule has 5 rings (SSSR count). The van der Waals surface area contributed by atoms with Gasteiger partial charge in [0.2, 0.25) is 0 Å². The summed E-state index contributed by atoms with van der Waals surface area (Å²) in [7, 11) is 3.08. The summed E-state index contributed by atoms with van der Waals surface area (Å²) in [5, 5.41) is 11.2. The van der Waals surface area contributed by atoms with Crippen LogP contribution in [0.4, 0.5) is 10.5 Å². The molecule has 0 aliphatic rings. The van der Waals surface area contributed by atoms with E-state index in [1.165, 1.54) is 12.0 Å². The first kappa shape index (κ1) is 26.9. The fourth-order valence-electron chi connectivity index (χ4n) is 4.97. The molecule has 3 aromatic carbocycles. The van der Waals surface area contributed by atoms with E-state index in [2.05, 4.69) is 8.75 Å². The molecule has 2 aromatic heterocycles. The number of nitrogens with two attached hydrogens (primary N) is 1. The molecule has 0 spiro atoms. The van der Waals surface area contributed by atoms with Gasteiger partial charge in [-0.2, -0.15) is 8.75 Å². The van der Waals surface area contributed by atoms with Crippen LogP contribution in [-0.4, -0.2) is 51.2 Å². The van der Waals surface area contributed by atoms with E-state index in [1.807, 2.05) is 37.3 Å². The highest BCUT2D eigenvalue weighted by Gasteiger charge is 2.27. The molecule has 3 N–H and O–H groups in total. The zero-order valence-electron chi connectivity index (χ0n) is 22.4. The fourth-order valence-corrected chi connectivity index (χ4v) is 5.48. The van der Waals surface area contributed by atoms with Crippen LogP contribution in [0.1, 0.15) is 35.8 Å². The molecular weight excluding hydrogens is 530 g/mol. The number of urea groups is 1. The van der Waals surface area contributed by atoms with Gasteiger partial charge in [0.1, 0.15) is 28.2 Å². The van der Waals surface area contributed by atoms with Crippen LogP contribution in [0.2, 0.25) is 0 Å². The van der Waals surface area contributed by atoms with E-state index in [-0.39, 0.29) is 12.2 Å². The fraction of sp³-hybridized carbons (Fsp3) is 0.241. The topological polar surface area (TPSA) is 133 Å². The van der Waals surface area contributed by atoms with E-state index in [4.69, 9.17) is 15.2 Å². The number of carboxylic acid groups (broad SMARTS) is 1. The Balaban J connectivity index is 1.79. The number of methoxy groups -OCH3 is 2. The lowest BCUT2D eigenvalue weighted by molar-refractivity contribution is 0.0687. The second kappa shape index (κ2) is 11.2. The van der Waals surface area contributed by atoms with Gasteiger partial charge in [0.25, 0.3) is 0 Å². The van der Waals surface area contributed by atoms with E-state index in [0.29, 0.717) is 45.8 Å². The molecule has 2 heterocycles. The molecule has 0 saturated heterocycles. The summed E-state index contributed by atoms with van der Waals surface area (Å²) in [6.07, 6.45) is 1.66. The second-order valence-electron chi connectivity index (χ2n) is 9.31. The van der Waals surface area contributed by atoms with Crippen molar-refractivity contribution in [3.05, 3.63) is 65.9 Å². The Morgan fingerprint density at radius 2 is 1.82 bits per heavy atom. The highest BCUT2D eigenvalue weighted by molar-refractivity contribution is 7.00. The number of carbonyl (C=O) groups excluding carboxylic acids is 1. The SMILES string of the molecule is CCCCN(C(N)=O)c1ccc2c(c1)c(-c1ccc(OC)cc1OC)c(C(=O)O)n2Cc1ccc2nsnc2c1. The summed E-state index contributed by atoms with van der Waals surface area (Å²) < 4.78 is 21.4. The van der Waals surface area contributed by atoms with Crippen LogP contribution in [0.3, 0.4) is 0 Å². The minimum Gasteiger partial charge on any atom is -0.497 e. The number of rotatable bonds is 10. The van der Waals surface area contributed by atoms with Crippen molar-refractivity contribution in [2.45, 2.75) is 26.3 Å². The summed E-state index contributed by atoms with van der Waals surface area (Å²) in [6.45, 7) is 2.76. The number of aromatic carboxylic acids is 1. The maximum atomic E-state index is 12.9. The molecule has 0 radical (unpaired) electrons. The van der Waals surface area contributed by atoms with Gasteiger partial charge < -0.3 is 24.9 Å². The number of anilines is 1. The average molecular weight is 560 g/mol. The lowest BCUT2D eigenvalue weighted by Crippen LogP contribution is -2.36. The molecule has 0 aliphatic heterocycles. The number of carbonyl (C=O) groups is 2. The number of fused-ring (bicyclic) bond motifs is 2. The van der Waals surface area contributed by atoms with Crippen LogP contribution in [0.25, 0.3) is 33.1 Å². The van der Waals surface area contributed by atoms with Crippen LogP contribution >= 0.6 is 11.7 Å². The van der Waals surface area contributed by atoms with Crippen LogP contribution < -0.4 is 20.1 Å². The lowest BCUT2D eigenvalue weighted by atomic mass is 10.00. The lowest BCUT2D eigenvalue weighted by Gasteiger charge is -2.20. The van der Waals surface area contributed by atoms with E-state index in [9.17, 15) is 14.7 Å². The van der Waals surface area contributed by atoms with Gasteiger partial charge in [-0.25, -0.2) is 9.59 Å². The predicted molar refractivity (Wildman–Crippen MR) is 156 cm³/mol. The molecule has 0 fully saturated rings. The third-order valence-electron chi connectivity index (χ3n) is 6.90. The molecule has 0 unspecified atom stereocenters. The second-order valence-corrected chi connectivity index (χ2v) is 9.84. The molecule has 206 valence electrons. The normalized spacial score (nSPS) is 11.2. The Bertz CT molecular complexity index is 1730.